The number of para-hydroxylation sites is 1. The summed E-state index contributed by atoms with van der Waals surface area (Å²) in [5.74, 6) is 0.184. The maximum Gasteiger partial charge on any atom is 0.270 e. The first kappa shape index (κ1) is 17.7. The number of benzene rings is 1. The van der Waals surface area contributed by atoms with Gasteiger partial charge < -0.3 is 15.3 Å². The number of pyridine rings is 1. The highest BCUT2D eigenvalue weighted by Crippen LogP contribution is 2.23. The summed E-state index contributed by atoms with van der Waals surface area (Å²) in [6.07, 6.45) is 3.97. The smallest absolute Gasteiger partial charge is 0.270 e. The zero-order chi connectivity index (χ0) is 19.5. The van der Waals surface area contributed by atoms with Gasteiger partial charge in [0.15, 0.2) is 0 Å². The van der Waals surface area contributed by atoms with Gasteiger partial charge in [-0.3, -0.25) is 14.6 Å². The quantitative estimate of drug-likeness (QED) is 0.500. The molecule has 28 heavy (non-hydrogen) atoms. The average molecular weight is 373 g/mol. The molecule has 0 fully saturated rings. The number of hydrogen-bond donors (Lipinski definition) is 3. The van der Waals surface area contributed by atoms with E-state index in [1.54, 1.807) is 31.3 Å². The molecule has 3 N–H and O–H groups in total. The number of aromatic nitrogens is 4. The molecular formula is C21H19N5O2. The molecule has 0 aliphatic rings. The van der Waals surface area contributed by atoms with Gasteiger partial charge in [0.2, 0.25) is 0 Å². The number of hydrogen-bond acceptors (Lipinski definition) is 4. The molecule has 3 aromatic heterocycles. The molecule has 1 aromatic carbocycles. The second kappa shape index (κ2) is 7.48. The molecule has 0 spiro atoms. The molecule has 140 valence electrons. The van der Waals surface area contributed by atoms with Crippen LogP contribution in [0.25, 0.3) is 10.9 Å². The monoisotopic (exact) mass is 373 g/mol. The fraction of sp³-hybridized carbons (Fsp3) is 0.143. The normalized spacial score (nSPS) is 12.0. The Morgan fingerprint density at radius 2 is 2.00 bits per heavy atom. The van der Waals surface area contributed by atoms with Gasteiger partial charge >= 0.3 is 0 Å². The van der Waals surface area contributed by atoms with E-state index in [0.29, 0.717) is 23.6 Å². The van der Waals surface area contributed by atoms with E-state index < -0.39 is 6.04 Å². The molecule has 0 saturated carbocycles. The van der Waals surface area contributed by atoms with E-state index in [9.17, 15) is 9.59 Å². The fourth-order valence-corrected chi connectivity index (χ4v) is 3.26. The fourth-order valence-electron chi connectivity index (χ4n) is 3.26. The summed E-state index contributed by atoms with van der Waals surface area (Å²) in [5, 5.41) is 4.05. The van der Waals surface area contributed by atoms with Gasteiger partial charge in [0.25, 0.3) is 11.5 Å². The lowest BCUT2D eigenvalue weighted by molar-refractivity contribution is 0.0930. The molecule has 7 heteroatoms. The van der Waals surface area contributed by atoms with Crippen molar-refractivity contribution in [3.63, 3.8) is 0 Å². The van der Waals surface area contributed by atoms with Gasteiger partial charge in [-0.15, -0.1) is 0 Å². The van der Waals surface area contributed by atoms with Crippen LogP contribution >= 0.6 is 0 Å². The number of amides is 1. The summed E-state index contributed by atoms with van der Waals surface area (Å²) in [7, 11) is 0. The van der Waals surface area contributed by atoms with Crippen LogP contribution < -0.4 is 10.9 Å². The molecule has 0 aliphatic heterocycles. The maximum absolute atomic E-state index is 12.7. The minimum Gasteiger partial charge on any atom is -0.361 e. The molecule has 1 unspecified atom stereocenters. The van der Waals surface area contributed by atoms with Crippen molar-refractivity contribution in [2.24, 2.45) is 0 Å². The second-order valence-corrected chi connectivity index (χ2v) is 6.56. The molecule has 3 heterocycles. The van der Waals surface area contributed by atoms with Crippen molar-refractivity contribution in [3.8, 4) is 0 Å². The van der Waals surface area contributed by atoms with Gasteiger partial charge in [0.05, 0.1) is 11.7 Å². The van der Waals surface area contributed by atoms with E-state index in [1.807, 2.05) is 30.5 Å². The number of nitrogens with one attached hydrogen (secondary N) is 3. The summed E-state index contributed by atoms with van der Waals surface area (Å²) in [6, 6.07) is 14.1. The van der Waals surface area contributed by atoms with Crippen molar-refractivity contribution in [1.82, 2.24) is 25.3 Å². The van der Waals surface area contributed by atoms with Crippen LogP contribution in [0.15, 0.2) is 65.7 Å². The van der Waals surface area contributed by atoms with E-state index in [2.05, 4.69) is 25.3 Å². The largest absolute Gasteiger partial charge is 0.361 e. The first-order valence-corrected chi connectivity index (χ1v) is 8.95. The Hall–Kier alpha value is -3.74. The van der Waals surface area contributed by atoms with Crippen LogP contribution in [0.1, 0.15) is 33.6 Å². The third-order valence-electron chi connectivity index (χ3n) is 4.54. The standard InChI is InChI=1S/C21H19N5O2/c1-13-24-19(11-20(27)25-13)18(26-21(28)17-8-4-5-9-22-17)10-14-12-23-16-7-3-2-6-15(14)16/h2-9,11-12,18,23H,10H2,1H3,(H,26,28)(H,24,25,27). The summed E-state index contributed by atoms with van der Waals surface area (Å²) in [5.41, 5.74) is 2.62. The summed E-state index contributed by atoms with van der Waals surface area (Å²) in [4.78, 5) is 39.1. The summed E-state index contributed by atoms with van der Waals surface area (Å²) < 4.78 is 0. The number of nitrogens with zero attached hydrogens (tertiary/aromatic N) is 2. The predicted molar refractivity (Wildman–Crippen MR) is 106 cm³/mol. The van der Waals surface area contributed by atoms with Gasteiger partial charge in [-0.05, 0) is 30.7 Å². The van der Waals surface area contributed by atoms with Crippen molar-refractivity contribution < 1.29 is 4.79 Å². The molecule has 4 aromatic rings. The molecule has 0 aliphatic carbocycles. The minimum atomic E-state index is -0.477. The van der Waals surface area contributed by atoms with Crippen molar-refractivity contribution in [2.45, 2.75) is 19.4 Å². The number of aromatic amines is 2. The zero-order valence-corrected chi connectivity index (χ0v) is 15.3. The maximum atomic E-state index is 12.7. The van der Waals surface area contributed by atoms with E-state index in [1.165, 1.54) is 6.07 Å². The minimum absolute atomic E-state index is 0.251. The SMILES string of the molecule is Cc1nc(C(Cc2c[nH]c3ccccc23)NC(=O)c2ccccn2)cc(=O)[nH]1. The summed E-state index contributed by atoms with van der Waals surface area (Å²) in [6.45, 7) is 1.72. The third kappa shape index (κ3) is 3.68. The van der Waals surface area contributed by atoms with Crippen LogP contribution in [-0.2, 0) is 6.42 Å². The highest BCUT2D eigenvalue weighted by Gasteiger charge is 2.20. The number of rotatable bonds is 5. The highest BCUT2D eigenvalue weighted by molar-refractivity contribution is 5.92. The first-order valence-electron chi connectivity index (χ1n) is 8.95. The molecule has 0 bridgehead atoms. The molecule has 7 nitrogen and oxygen atoms in total. The van der Waals surface area contributed by atoms with Crippen LogP contribution in [0.2, 0.25) is 0 Å². The van der Waals surface area contributed by atoms with E-state index >= 15 is 0 Å². The van der Waals surface area contributed by atoms with Gasteiger partial charge in [-0.25, -0.2) is 4.98 Å². The number of carbonyl (C=O) groups excluding carboxylic acids is 1. The Labute approximate surface area is 160 Å². The zero-order valence-electron chi connectivity index (χ0n) is 15.3. The lowest BCUT2D eigenvalue weighted by atomic mass is 10.0. The van der Waals surface area contributed by atoms with Gasteiger partial charge in [0, 0.05) is 35.8 Å². The van der Waals surface area contributed by atoms with Crippen LogP contribution in [0.5, 0.6) is 0 Å². The Bertz CT molecular complexity index is 1180. The topological polar surface area (TPSA) is 104 Å². The first-order chi connectivity index (χ1) is 13.6. The Morgan fingerprint density at radius 3 is 2.79 bits per heavy atom. The Kier molecular flexibility index (Phi) is 4.72. The molecule has 4 rings (SSSR count). The lowest BCUT2D eigenvalue weighted by Crippen LogP contribution is -2.32. The molecule has 1 amide bonds. The van der Waals surface area contributed by atoms with Crippen LogP contribution in [-0.4, -0.2) is 25.8 Å². The number of carbonyl (C=O) groups is 1. The average Bonchev–Trinajstić information content (AvgIpc) is 3.10. The number of aryl methyl sites for hydroxylation is 1. The second-order valence-electron chi connectivity index (χ2n) is 6.56. The van der Waals surface area contributed by atoms with Crippen molar-refractivity contribution in [1.29, 1.82) is 0 Å². The van der Waals surface area contributed by atoms with Crippen LogP contribution in [0.4, 0.5) is 0 Å². The van der Waals surface area contributed by atoms with Crippen molar-refractivity contribution in [2.75, 3.05) is 0 Å². The Morgan fingerprint density at radius 1 is 1.18 bits per heavy atom. The van der Waals surface area contributed by atoms with E-state index in [4.69, 9.17) is 0 Å². The van der Waals surface area contributed by atoms with E-state index in [0.717, 1.165) is 16.5 Å². The molecule has 0 saturated heterocycles. The Balaban J connectivity index is 1.70. The van der Waals surface area contributed by atoms with Crippen molar-refractivity contribution in [3.05, 3.63) is 94.1 Å². The van der Waals surface area contributed by atoms with Gasteiger partial charge in [-0.1, -0.05) is 24.3 Å². The molecule has 0 radical (unpaired) electrons. The van der Waals surface area contributed by atoms with E-state index in [-0.39, 0.29) is 11.5 Å². The van der Waals surface area contributed by atoms with Gasteiger partial charge in [-0.2, -0.15) is 0 Å². The lowest BCUT2D eigenvalue weighted by Gasteiger charge is -2.18. The number of H-pyrrole nitrogens is 2. The molecule has 1 atom stereocenters. The highest BCUT2D eigenvalue weighted by atomic mass is 16.2. The van der Waals surface area contributed by atoms with Crippen LogP contribution in [0.3, 0.4) is 0 Å². The van der Waals surface area contributed by atoms with Crippen molar-refractivity contribution >= 4 is 16.8 Å². The van der Waals surface area contributed by atoms with Gasteiger partial charge in [0.1, 0.15) is 11.5 Å². The van der Waals surface area contributed by atoms with Crippen LogP contribution in [0, 0.1) is 6.92 Å². The molecular weight excluding hydrogens is 354 g/mol. The third-order valence-corrected chi connectivity index (χ3v) is 4.54. The number of fused-ring (bicyclic) bond motifs is 1. The predicted octanol–water partition coefficient (Wildman–Crippen LogP) is 2.67. The summed E-state index contributed by atoms with van der Waals surface area (Å²) >= 11 is 0.